The highest BCUT2D eigenvalue weighted by atomic mass is 32.2. The summed E-state index contributed by atoms with van der Waals surface area (Å²) in [5, 5.41) is 10.8. The SMILES string of the molecule is CC(N)c1ccc(Sc2nnc(C3CC3)n2C2CC2)nc1. The quantitative estimate of drug-likeness (QED) is 0.919. The number of pyridine rings is 1. The molecule has 5 nitrogen and oxygen atoms in total. The predicted molar refractivity (Wildman–Crippen MR) is 81.2 cm³/mol. The Kier molecular flexibility index (Phi) is 3.23. The second-order valence-electron chi connectivity index (χ2n) is 6.04. The zero-order valence-corrected chi connectivity index (χ0v) is 12.9. The first kappa shape index (κ1) is 13.3. The summed E-state index contributed by atoms with van der Waals surface area (Å²) >= 11 is 1.61. The minimum Gasteiger partial charge on any atom is -0.324 e. The molecular weight excluding hydrogens is 282 g/mol. The molecule has 0 aliphatic heterocycles. The molecule has 6 heteroatoms. The highest BCUT2D eigenvalue weighted by Gasteiger charge is 2.36. The lowest BCUT2D eigenvalue weighted by molar-refractivity contribution is 0.626. The fourth-order valence-electron chi connectivity index (χ4n) is 2.47. The molecule has 0 bridgehead atoms. The van der Waals surface area contributed by atoms with E-state index in [9.17, 15) is 0 Å². The van der Waals surface area contributed by atoms with Crippen molar-refractivity contribution in [3.63, 3.8) is 0 Å². The van der Waals surface area contributed by atoms with Gasteiger partial charge >= 0.3 is 0 Å². The minimum atomic E-state index is 0.0214. The van der Waals surface area contributed by atoms with Crippen LogP contribution >= 0.6 is 11.8 Å². The summed E-state index contributed by atoms with van der Waals surface area (Å²) in [5.41, 5.74) is 6.92. The molecule has 0 aromatic carbocycles. The van der Waals surface area contributed by atoms with Crippen LogP contribution in [0.1, 0.15) is 62.0 Å². The fraction of sp³-hybridized carbons (Fsp3) is 0.533. The van der Waals surface area contributed by atoms with Crippen molar-refractivity contribution >= 4 is 11.8 Å². The molecule has 4 rings (SSSR count). The Morgan fingerprint density at radius 1 is 1.24 bits per heavy atom. The molecule has 2 N–H and O–H groups in total. The summed E-state index contributed by atoms with van der Waals surface area (Å²) in [5.74, 6) is 1.83. The van der Waals surface area contributed by atoms with Crippen molar-refractivity contribution in [3.05, 3.63) is 29.7 Å². The Morgan fingerprint density at radius 3 is 2.62 bits per heavy atom. The van der Waals surface area contributed by atoms with Gasteiger partial charge in [0.15, 0.2) is 5.16 Å². The van der Waals surface area contributed by atoms with Crippen molar-refractivity contribution in [1.82, 2.24) is 19.7 Å². The third-order valence-electron chi connectivity index (χ3n) is 4.03. The van der Waals surface area contributed by atoms with E-state index in [2.05, 4.69) is 19.7 Å². The third-order valence-corrected chi connectivity index (χ3v) is 4.94. The number of rotatable bonds is 5. The van der Waals surface area contributed by atoms with Gasteiger partial charge in [-0.3, -0.25) is 0 Å². The van der Waals surface area contributed by atoms with Gasteiger partial charge < -0.3 is 10.3 Å². The van der Waals surface area contributed by atoms with Crippen LogP contribution in [0, 0.1) is 0 Å². The van der Waals surface area contributed by atoms with Crippen LogP contribution in [-0.2, 0) is 0 Å². The number of hydrogen-bond acceptors (Lipinski definition) is 5. The van der Waals surface area contributed by atoms with E-state index in [1.807, 2.05) is 25.3 Å². The number of nitrogens with zero attached hydrogens (tertiary/aromatic N) is 4. The van der Waals surface area contributed by atoms with Crippen molar-refractivity contribution in [3.8, 4) is 0 Å². The van der Waals surface area contributed by atoms with Gasteiger partial charge in [0.05, 0.1) is 0 Å². The van der Waals surface area contributed by atoms with Crippen molar-refractivity contribution in [1.29, 1.82) is 0 Å². The van der Waals surface area contributed by atoms with Crippen LogP contribution in [0.15, 0.2) is 28.5 Å². The van der Waals surface area contributed by atoms with Gasteiger partial charge in [0.25, 0.3) is 0 Å². The van der Waals surface area contributed by atoms with Crippen LogP contribution in [0.5, 0.6) is 0 Å². The van der Waals surface area contributed by atoms with E-state index in [-0.39, 0.29) is 6.04 Å². The molecule has 0 radical (unpaired) electrons. The Bertz CT molecular complexity index is 641. The van der Waals surface area contributed by atoms with Gasteiger partial charge in [0.1, 0.15) is 10.9 Å². The third kappa shape index (κ3) is 2.70. The van der Waals surface area contributed by atoms with E-state index in [0.717, 1.165) is 15.7 Å². The van der Waals surface area contributed by atoms with Crippen LogP contribution in [0.4, 0.5) is 0 Å². The fourth-order valence-corrected chi connectivity index (χ4v) is 3.32. The number of nitrogens with two attached hydrogens (primary N) is 1. The molecule has 2 saturated carbocycles. The number of hydrogen-bond donors (Lipinski definition) is 1. The van der Waals surface area contributed by atoms with Crippen molar-refractivity contribution in [2.75, 3.05) is 0 Å². The normalized spacial score (nSPS) is 19.7. The van der Waals surface area contributed by atoms with Crippen LogP contribution in [0.2, 0.25) is 0 Å². The molecule has 110 valence electrons. The molecular formula is C15H19N5S. The largest absolute Gasteiger partial charge is 0.324 e. The molecule has 2 heterocycles. The Morgan fingerprint density at radius 2 is 2.05 bits per heavy atom. The highest BCUT2D eigenvalue weighted by molar-refractivity contribution is 7.99. The molecule has 0 saturated heterocycles. The number of aromatic nitrogens is 4. The lowest BCUT2D eigenvalue weighted by atomic mass is 10.2. The molecule has 21 heavy (non-hydrogen) atoms. The maximum absolute atomic E-state index is 5.86. The lowest BCUT2D eigenvalue weighted by Gasteiger charge is -2.08. The summed E-state index contributed by atoms with van der Waals surface area (Å²) in [6.07, 6.45) is 6.88. The molecule has 2 aromatic rings. The van der Waals surface area contributed by atoms with Crippen molar-refractivity contribution < 1.29 is 0 Å². The first-order valence-corrected chi connectivity index (χ1v) is 8.38. The second-order valence-corrected chi connectivity index (χ2v) is 7.02. The first-order valence-electron chi connectivity index (χ1n) is 7.56. The monoisotopic (exact) mass is 301 g/mol. The maximum atomic E-state index is 5.86. The van der Waals surface area contributed by atoms with Crippen LogP contribution in [0.25, 0.3) is 0 Å². The second kappa shape index (κ2) is 5.10. The molecule has 2 aliphatic carbocycles. The Labute approximate surface area is 128 Å². The van der Waals surface area contributed by atoms with Crippen molar-refractivity contribution in [2.24, 2.45) is 5.73 Å². The Hall–Kier alpha value is -1.40. The van der Waals surface area contributed by atoms with E-state index < -0.39 is 0 Å². The molecule has 1 unspecified atom stereocenters. The van der Waals surface area contributed by atoms with Crippen LogP contribution < -0.4 is 5.73 Å². The topological polar surface area (TPSA) is 69.6 Å². The molecule has 0 spiro atoms. The van der Waals surface area contributed by atoms with Gasteiger partial charge in [-0.2, -0.15) is 0 Å². The van der Waals surface area contributed by atoms with E-state index in [1.54, 1.807) is 11.8 Å². The minimum absolute atomic E-state index is 0.0214. The van der Waals surface area contributed by atoms with E-state index in [0.29, 0.717) is 12.0 Å². The highest BCUT2D eigenvalue weighted by Crippen LogP contribution is 2.46. The summed E-state index contributed by atoms with van der Waals surface area (Å²) < 4.78 is 2.35. The average molecular weight is 301 g/mol. The van der Waals surface area contributed by atoms with Gasteiger partial charge in [-0.1, -0.05) is 6.07 Å². The summed E-state index contributed by atoms with van der Waals surface area (Å²) in [7, 11) is 0. The van der Waals surface area contributed by atoms with Crippen molar-refractivity contribution in [2.45, 2.75) is 60.8 Å². The van der Waals surface area contributed by atoms with Gasteiger partial charge in [0.2, 0.25) is 0 Å². The van der Waals surface area contributed by atoms with E-state index in [1.165, 1.54) is 31.5 Å². The predicted octanol–water partition coefficient (Wildman–Crippen LogP) is 3.06. The van der Waals surface area contributed by atoms with E-state index >= 15 is 0 Å². The molecule has 2 fully saturated rings. The van der Waals surface area contributed by atoms with Crippen LogP contribution in [0.3, 0.4) is 0 Å². The molecule has 0 amide bonds. The van der Waals surface area contributed by atoms with E-state index in [4.69, 9.17) is 5.73 Å². The van der Waals surface area contributed by atoms with Gasteiger partial charge in [-0.25, -0.2) is 4.98 Å². The standard InChI is InChI=1S/C15H19N5S/c1-9(16)11-4-7-13(17-8-11)21-15-19-18-14(10-2-3-10)20(15)12-5-6-12/h4,7-10,12H,2-3,5-6,16H2,1H3. The maximum Gasteiger partial charge on any atom is 0.197 e. The smallest absolute Gasteiger partial charge is 0.197 e. The first-order chi connectivity index (χ1) is 10.2. The molecule has 2 aliphatic rings. The summed E-state index contributed by atoms with van der Waals surface area (Å²) in [6, 6.07) is 4.70. The molecule has 1 atom stereocenters. The summed E-state index contributed by atoms with van der Waals surface area (Å²) in [6.45, 7) is 1.97. The molecule has 2 aromatic heterocycles. The lowest BCUT2D eigenvalue weighted by Crippen LogP contribution is -2.05. The zero-order valence-electron chi connectivity index (χ0n) is 12.1. The van der Waals surface area contributed by atoms with Crippen LogP contribution in [-0.4, -0.2) is 19.7 Å². The van der Waals surface area contributed by atoms with Gasteiger partial charge in [-0.15, -0.1) is 10.2 Å². The van der Waals surface area contributed by atoms with Gasteiger partial charge in [0, 0.05) is 24.2 Å². The summed E-state index contributed by atoms with van der Waals surface area (Å²) in [4.78, 5) is 4.49. The average Bonchev–Trinajstić information content (AvgIpc) is 3.39. The van der Waals surface area contributed by atoms with Gasteiger partial charge in [-0.05, 0) is 56.0 Å². The zero-order chi connectivity index (χ0) is 14.4. The Balaban J connectivity index is 1.59.